The molecule has 2 heterocycles. The van der Waals surface area contributed by atoms with E-state index in [4.69, 9.17) is 5.11 Å². The molecular formula is C16H11FN4O3. The van der Waals surface area contributed by atoms with Gasteiger partial charge in [-0.2, -0.15) is 0 Å². The highest BCUT2D eigenvalue weighted by Gasteiger charge is 2.15. The van der Waals surface area contributed by atoms with Crippen molar-refractivity contribution >= 4 is 17.7 Å². The lowest BCUT2D eigenvalue weighted by molar-refractivity contribution is 0.0691. The maximum atomic E-state index is 13.1. The Morgan fingerprint density at radius 2 is 1.88 bits per heavy atom. The van der Waals surface area contributed by atoms with Gasteiger partial charge >= 0.3 is 5.97 Å². The number of carboxylic acids is 1. The summed E-state index contributed by atoms with van der Waals surface area (Å²) in [6.45, 7) is 0. The van der Waals surface area contributed by atoms with Crippen molar-refractivity contribution in [1.82, 2.24) is 15.0 Å². The van der Waals surface area contributed by atoms with Crippen LogP contribution >= 0.6 is 0 Å². The predicted octanol–water partition coefficient (Wildman–Crippen LogP) is 2.56. The van der Waals surface area contributed by atoms with E-state index in [0.717, 1.165) is 6.07 Å². The van der Waals surface area contributed by atoms with Crippen LogP contribution in [-0.2, 0) is 0 Å². The molecule has 7 nitrogen and oxygen atoms in total. The fraction of sp³-hybridized carbons (Fsp3) is 0. The highest BCUT2D eigenvalue weighted by molar-refractivity contribution is 6.04. The number of imidazole rings is 1. The number of pyridine rings is 1. The number of aromatic amines is 1. The molecule has 1 amide bonds. The van der Waals surface area contributed by atoms with Gasteiger partial charge in [0.2, 0.25) is 0 Å². The normalized spacial score (nSPS) is 10.4. The van der Waals surface area contributed by atoms with E-state index in [2.05, 4.69) is 20.3 Å². The van der Waals surface area contributed by atoms with Crippen molar-refractivity contribution in [2.45, 2.75) is 0 Å². The first-order valence-electron chi connectivity index (χ1n) is 6.84. The molecule has 1 aromatic carbocycles. The summed E-state index contributed by atoms with van der Waals surface area (Å²) in [6, 6.07) is 8.48. The van der Waals surface area contributed by atoms with Crippen LogP contribution in [0, 0.1) is 5.82 Å². The Kier molecular flexibility index (Phi) is 4.02. The minimum absolute atomic E-state index is 0.0313. The number of halogens is 1. The molecule has 0 bridgehead atoms. The molecule has 0 saturated heterocycles. The van der Waals surface area contributed by atoms with Crippen LogP contribution in [0.4, 0.5) is 10.2 Å². The summed E-state index contributed by atoms with van der Waals surface area (Å²) >= 11 is 0. The van der Waals surface area contributed by atoms with Gasteiger partial charge < -0.3 is 15.4 Å². The van der Waals surface area contributed by atoms with Crippen molar-refractivity contribution in [2.24, 2.45) is 0 Å². The molecule has 24 heavy (non-hydrogen) atoms. The van der Waals surface area contributed by atoms with Crippen LogP contribution < -0.4 is 5.32 Å². The van der Waals surface area contributed by atoms with Gasteiger partial charge in [-0.1, -0.05) is 12.1 Å². The molecule has 8 heteroatoms. The minimum Gasteiger partial charge on any atom is -0.477 e. The van der Waals surface area contributed by atoms with Crippen molar-refractivity contribution < 1.29 is 19.1 Å². The highest BCUT2D eigenvalue weighted by atomic mass is 19.1. The minimum atomic E-state index is -1.12. The van der Waals surface area contributed by atoms with E-state index in [1.807, 2.05) is 0 Å². The SMILES string of the molecule is O=C(Nc1cc(F)ccn1)c1ccc(-c2nc[nH]c2C(=O)O)cc1. The van der Waals surface area contributed by atoms with E-state index in [1.165, 1.54) is 30.7 Å². The van der Waals surface area contributed by atoms with Gasteiger partial charge in [-0.05, 0) is 18.2 Å². The van der Waals surface area contributed by atoms with Crippen molar-refractivity contribution in [3.63, 3.8) is 0 Å². The Balaban J connectivity index is 1.80. The molecule has 2 aromatic heterocycles. The summed E-state index contributed by atoms with van der Waals surface area (Å²) in [5, 5.41) is 11.5. The molecular weight excluding hydrogens is 315 g/mol. The number of H-pyrrole nitrogens is 1. The molecule has 0 unspecified atom stereocenters. The Bertz CT molecular complexity index is 906. The molecule has 3 N–H and O–H groups in total. The number of carboxylic acid groups (broad SMARTS) is 1. The third-order valence-electron chi connectivity index (χ3n) is 3.24. The van der Waals surface area contributed by atoms with E-state index in [-0.39, 0.29) is 17.2 Å². The number of anilines is 1. The summed E-state index contributed by atoms with van der Waals surface area (Å²) in [5.41, 5.74) is 1.11. The van der Waals surface area contributed by atoms with Gasteiger partial charge in [-0.15, -0.1) is 0 Å². The van der Waals surface area contributed by atoms with E-state index in [1.54, 1.807) is 12.1 Å². The molecule has 3 rings (SSSR count). The smallest absolute Gasteiger partial charge is 0.354 e. The van der Waals surface area contributed by atoms with E-state index >= 15 is 0 Å². The van der Waals surface area contributed by atoms with Crippen LogP contribution in [0.5, 0.6) is 0 Å². The number of nitrogens with zero attached hydrogens (tertiary/aromatic N) is 2. The van der Waals surface area contributed by atoms with E-state index in [0.29, 0.717) is 11.1 Å². The lowest BCUT2D eigenvalue weighted by Gasteiger charge is -2.05. The van der Waals surface area contributed by atoms with E-state index < -0.39 is 17.7 Å². The molecule has 0 radical (unpaired) electrons. The highest BCUT2D eigenvalue weighted by Crippen LogP contribution is 2.21. The fourth-order valence-corrected chi connectivity index (χ4v) is 2.12. The van der Waals surface area contributed by atoms with Gasteiger partial charge in [-0.3, -0.25) is 4.79 Å². The number of amides is 1. The molecule has 0 saturated carbocycles. The molecule has 0 aliphatic heterocycles. The van der Waals surface area contributed by atoms with Crippen molar-refractivity contribution in [1.29, 1.82) is 0 Å². The lowest BCUT2D eigenvalue weighted by atomic mass is 10.1. The molecule has 0 aliphatic rings. The molecule has 3 aromatic rings. The van der Waals surface area contributed by atoms with Crippen LogP contribution in [0.15, 0.2) is 48.9 Å². The number of rotatable bonds is 4. The number of hydrogen-bond acceptors (Lipinski definition) is 4. The van der Waals surface area contributed by atoms with Gasteiger partial charge in [0.1, 0.15) is 17.3 Å². The average molecular weight is 326 g/mol. The largest absolute Gasteiger partial charge is 0.477 e. The molecule has 0 fully saturated rings. The van der Waals surface area contributed by atoms with Gasteiger partial charge in [0.15, 0.2) is 5.69 Å². The van der Waals surface area contributed by atoms with Crippen LogP contribution in [0.2, 0.25) is 0 Å². The zero-order valence-electron chi connectivity index (χ0n) is 12.2. The van der Waals surface area contributed by atoms with Gasteiger partial charge in [0.25, 0.3) is 5.91 Å². The molecule has 0 spiro atoms. The van der Waals surface area contributed by atoms with E-state index in [9.17, 15) is 14.0 Å². The number of nitrogens with one attached hydrogen (secondary N) is 2. The number of carbonyl (C=O) groups excluding carboxylic acids is 1. The summed E-state index contributed by atoms with van der Waals surface area (Å²) < 4.78 is 13.1. The van der Waals surface area contributed by atoms with Crippen LogP contribution in [0.25, 0.3) is 11.3 Å². The van der Waals surface area contributed by atoms with Gasteiger partial charge in [-0.25, -0.2) is 19.2 Å². The zero-order chi connectivity index (χ0) is 17.1. The Morgan fingerprint density at radius 3 is 2.54 bits per heavy atom. The van der Waals surface area contributed by atoms with Crippen molar-refractivity contribution in [3.05, 3.63) is 66.0 Å². The zero-order valence-corrected chi connectivity index (χ0v) is 12.2. The van der Waals surface area contributed by atoms with Crippen LogP contribution in [0.3, 0.4) is 0 Å². The summed E-state index contributed by atoms with van der Waals surface area (Å²) in [4.78, 5) is 33.6. The maximum Gasteiger partial charge on any atom is 0.354 e. The standard InChI is InChI=1S/C16H11FN4O3/c17-11-5-6-18-12(7-11)21-15(22)10-3-1-9(2-4-10)13-14(16(23)24)20-8-19-13/h1-8H,(H,19,20)(H,23,24)(H,18,21,22). The third kappa shape index (κ3) is 3.12. The molecule has 0 atom stereocenters. The Morgan fingerprint density at radius 1 is 1.12 bits per heavy atom. The quantitative estimate of drug-likeness (QED) is 0.683. The van der Waals surface area contributed by atoms with Gasteiger partial charge in [0, 0.05) is 23.4 Å². The second-order valence-electron chi connectivity index (χ2n) is 4.82. The predicted molar refractivity (Wildman–Crippen MR) is 83.1 cm³/mol. The summed E-state index contributed by atoms with van der Waals surface area (Å²) in [5.74, 6) is -1.98. The van der Waals surface area contributed by atoms with Gasteiger partial charge in [0.05, 0.1) is 6.33 Å². The first-order valence-corrected chi connectivity index (χ1v) is 6.84. The fourth-order valence-electron chi connectivity index (χ4n) is 2.12. The number of carbonyl (C=O) groups is 2. The lowest BCUT2D eigenvalue weighted by Crippen LogP contribution is -2.13. The van der Waals surface area contributed by atoms with Crippen LogP contribution in [-0.4, -0.2) is 31.9 Å². The van der Waals surface area contributed by atoms with Crippen molar-refractivity contribution in [2.75, 3.05) is 5.32 Å². The molecule has 0 aliphatic carbocycles. The first kappa shape index (κ1) is 15.3. The number of benzene rings is 1. The first-order chi connectivity index (χ1) is 11.5. The topological polar surface area (TPSA) is 108 Å². The Labute approximate surface area is 135 Å². The second-order valence-corrected chi connectivity index (χ2v) is 4.82. The monoisotopic (exact) mass is 326 g/mol. The maximum absolute atomic E-state index is 13.1. The number of aromatic nitrogens is 3. The number of aromatic carboxylic acids is 1. The van der Waals surface area contributed by atoms with Crippen LogP contribution in [0.1, 0.15) is 20.8 Å². The number of hydrogen-bond donors (Lipinski definition) is 3. The third-order valence-corrected chi connectivity index (χ3v) is 3.24. The second kappa shape index (κ2) is 6.29. The summed E-state index contributed by atoms with van der Waals surface area (Å²) in [6.07, 6.45) is 2.54. The Hall–Kier alpha value is -3.55. The summed E-state index contributed by atoms with van der Waals surface area (Å²) in [7, 11) is 0. The van der Waals surface area contributed by atoms with Crippen molar-refractivity contribution in [3.8, 4) is 11.3 Å². The molecule has 120 valence electrons. The average Bonchev–Trinajstić information content (AvgIpc) is 3.05.